The molecule has 0 radical (unpaired) electrons. The van der Waals surface area contributed by atoms with E-state index >= 15 is 0 Å². The van der Waals surface area contributed by atoms with E-state index in [-0.39, 0.29) is 6.42 Å². The van der Waals surface area contributed by atoms with Gasteiger partial charge in [-0.3, -0.25) is 9.59 Å². The zero-order chi connectivity index (χ0) is 10.3. The van der Waals surface area contributed by atoms with Crippen LogP contribution < -0.4 is 0 Å². The van der Waals surface area contributed by atoms with Crippen LogP contribution in [0.15, 0.2) is 0 Å². The highest BCUT2D eigenvalue weighted by atomic mass is 16.4. The molecule has 0 saturated heterocycles. The van der Waals surface area contributed by atoms with Crippen LogP contribution in [0.3, 0.4) is 0 Å². The fourth-order valence-corrected chi connectivity index (χ4v) is 0.823. The van der Waals surface area contributed by atoms with Crippen LogP contribution in [0.5, 0.6) is 0 Å². The van der Waals surface area contributed by atoms with Gasteiger partial charge in [0.2, 0.25) is 0 Å². The molecule has 0 aromatic rings. The minimum atomic E-state index is -1.11. The Hall–Kier alpha value is -1.06. The number of carbonyl (C=O) groups is 2. The molecule has 0 rings (SSSR count). The average Bonchev–Trinajstić information content (AvgIpc) is 2.02. The summed E-state index contributed by atoms with van der Waals surface area (Å²) in [6.07, 6.45) is 1.19. The molecule has 0 aromatic heterocycles. The standard InChI is InChI=1S/C8H14O4/c9-7(10)5-3-1-2-4-6-8(11)12/h1-6H2,(H,9,10)(H,11,12)/i5D. The van der Waals surface area contributed by atoms with Crippen LogP contribution in [0.2, 0.25) is 0 Å². The Morgan fingerprint density at radius 2 is 1.58 bits per heavy atom. The summed E-state index contributed by atoms with van der Waals surface area (Å²) in [5, 5.41) is 16.6. The van der Waals surface area contributed by atoms with Gasteiger partial charge in [0.25, 0.3) is 0 Å². The zero-order valence-electron chi connectivity index (χ0n) is 7.82. The van der Waals surface area contributed by atoms with Gasteiger partial charge in [-0.2, -0.15) is 0 Å². The van der Waals surface area contributed by atoms with Crippen molar-refractivity contribution in [3.8, 4) is 0 Å². The van der Waals surface area contributed by atoms with Gasteiger partial charge in [-0.15, -0.1) is 0 Å². The third-order valence-electron chi connectivity index (χ3n) is 1.41. The molecule has 0 fully saturated rings. The van der Waals surface area contributed by atoms with Crippen LogP contribution in [0.4, 0.5) is 0 Å². The lowest BCUT2D eigenvalue weighted by atomic mass is 10.1. The molecule has 1 unspecified atom stereocenters. The first-order valence-corrected chi connectivity index (χ1v) is 3.91. The summed E-state index contributed by atoms with van der Waals surface area (Å²) in [6.45, 7) is 0. The third kappa shape index (κ3) is 8.94. The topological polar surface area (TPSA) is 74.6 Å². The first-order valence-electron chi connectivity index (χ1n) is 4.48. The SMILES string of the molecule is [2H]C(CCCCCC(=O)O)C(=O)O. The van der Waals surface area contributed by atoms with E-state index in [0.717, 1.165) is 0 Å². The van der Waals surface area contributed by atoms with Gasteiger partial charge in [-0.1, -0.05) is 12.8 Å². The molecule has 0 aliphatic carbocycles. The Balaban J connectivity index is 3.26. The molecule has 4 nitrogen and oxygen atoms in total. The number of aliphatic carboxylic acids is 2. The maximum absolute atomic E-state index is 10.2. The number of rotatable bonds is 7. The number of hydrogen-bond donors (Lipinski definition) is 2. The van der Waals surface area contributed by atoms with E-state index in [0.29, 0.717) is 25.7 Å². The second kappa shape index (κ2) is 6.64. The zero-order valence-corrected chi connectivity index (χ0v) is 6.82. The largest absolute Gasteiger partial charge is 0.481 e. The van der Waals surface area contributed by atoms with Crippen molar-refractivity contribution >= 4 is 11.9 Å². The van der Waals surface area contributed by atoms with Crippen molar-refractivity contribution < 1.29 is 21.2 Å². The molecule has 0 heterocycles. The number of carboxylic acids is 2. The Bertz CT molecular complexity index is 181. The van der Waals surface area contributed by atoms with Crippen molar-refractivity contribution in [1.82, 2.24) is 0 Å². The predicted molar refractivity (Wildman–Crippen MR) is 43.0 cm³/mol. The highest BCUT2D eigenvalue weighted by Crippen LogP contribution is 2.04. The Labute approximate surface area is 72.6 Å². The van der Waals surface area contributed by atoms with Gasteiger partial charge in [0, 0.05) is 14.2 Å². The van der Waals surface area contributed by atoms with E-state index in [1.54, 1.807) is 0 Å². The Morgan fingerprint density at radius 3 is 2.08 bits per heavy atom. The molecule has 0 spiro atoms. The van der Waals surface area contributed by atoms with Gasteiger partial charge in [-0.25, -0.2) is 0 Å². The first-order chi connectivity index (χ1) is 6.04. The first kappa shape index (κ1) is 9.03. The predicted octanol–water partition coefficient (Wildman–Crippen LogP) is 1.50. The van der Waals surface area contributed by atoms with Gasteiger partial charge in [0.05, 0.1) is 0 Å². The summed E-state index contributed by atoms with van der Waals surface area (Å²) in [4.78, 5) is 20.3. The lowest BCUT2D eigenvalue weighted by molar-refractivity contribution is -0.138. The third-order valence-corrected chi connectivity index (χ3v) is 1.41. The van der Waals surface area contributed by atoms with E-state index in [2.05, 4.69) is 0 Å². The molecule has 0 aromatic carbocycles. The van der Waals surface area contributed by atoms with Gasteiger partial charge in [0.1, 0.15) is 0 Å². The van der Waals surface area contributed by atoms with E-state index in [9.17, 15) is 9.59 Å². The lowest BCUT2D eigenvalue weighted by Crippen LogP contribution is -1.95. The molecule has 0 saturated carbocycles. The van der Waals surface area contributed by atoms with E-state index in [1.165, 1.54) is 0 Å². The summed E-state index contributed by atoms with van der Waals surface area (Å²) in [5.74, 6) is -1.95. The molecule has 0 aliphatic rings. The van der Waals surface area contributed by atoms with Crippen LogP contribution in [-0.4, -0.2) is 22.2 Å². The summed E-state index contributed by atoms with van der Waals surface area (Å²) in [7, 11) is 0. The lowest BCUT2D eigenvalue weighted by Gasteiger charge is -1.96. The highest BCUT2D eigenvalue weighted by molar-refractivity contribution is 5.66. The monoisotopic (exact) mass is 175 g/mol. The number of hydrogen-bond acceptors (Lipinski definition) is 2. The Morgan fingerprint density at radius 1 is 1.00 bits per heavy atom. The van der Waals surface area contributed by atoms with Crippen molar-refractivity contribution in [2.24, 2.45) is 0 Å². The van der Waals surface area contributed by atoms with Crippen molar-refractivity contribution in [2.75, 3.05) is 0 Å². The van der Waals surface area contributed by atoms with Crippen LogP contribution >= 0.6 is 0 Å². The quantitative estimate of drug-likeness (QED) is 0.575. The second-order valence-electron chi connectivity index (χ2n) is 2.54. The summed E-state index contributed by atoms with van der Waals surface area (Å²) < 4.78 is 7.03. The van der Waals surface area contributed by atoms with Gasteiger partial charge >= 0.3 is 11.9 Å². The van der Waals surface area contributed by atoms with Crippen LogP contribution in [0.1, 0.15) is 39.9 Å². The normalized spacial score (nSPS) is 13.5. The summed E-state index contributed by atoms with van der Waals surface area (Å²) in [6, 6.07) is 0. The van der Waals surface area contributed by atoms with Crippen molar-refractivity contribution in [1.29, 1.82) is 0 Å². The van der Waals surface area contributed by atoms with E-state index in [4.69, 9.17) is 11.6 Å². The smallest absolute Gasteiger partial charge is 0.303 e. The molecule has 70 valence electrons. The van der Waals surface area contributed by atoms with Crippen molar-refractivity contribution in [2.45, 2.75) is 38.5 Å². The minimum Gasteiger partial charge on any atom is -0.481 e. The average molecular weight is 175 g/mol. The molecule has 0 amide bonds. The molecule has 12 heavy (non-hydrogen) atoms. The van der Waals surface area contributed by atoms with Crippen LogP contribution in [0, 0.1) is 0 Å². The fraction of sp³-hybridized carbons (Fsp3) is 0.750. The van der Waals surface area contributed by atoms with Gasteiger partial charge in [0.15, 0.2) is 0 Å². The maximum atomic E-state index is 10.2. The van der Waals surface area contributed by atoms with E-state index < -0.39 is 18.3 Å². The number of unbranched alkanes of at least 4 members (excludes halogenated alkanes) is 2. The second-order valence-corrected chi connectivity index (χ2v) is 2.54. The minimum absolute atomic E-state index is 0.121. The van der Waals surface area contributed by atoms with Gasteiger partial charge in [-0.05, 0) is 12.8 Å². The van der Waals surface area contributed by atoms with Crippen LogP contribution in [-0.2, 0) is 9.59 Å². The molecular formula is C8H14O4. The highest BCUT2D eigenvalue weighted by Gasteiger charge is 1.98. The molecule has 0 aliphatic heterocycles. The van der Waals surface area contributed by atoms with Crippen molar-refractivity contribution in [3.05, 3.63) is 0 Å². The summed E-state index contributed by atoms with van der Waals surface area (Å²) >= 11 is 0. The van der Waals surface area contributed by atoms with Crippen LogP contribution in [0.25, 0.3) is 0 Å². The van der Waals surface area contributed by atoms with Gasteiger partial charge < -0.3 is 10.2 Å². The van der Waals surface area contributed by atoms with E-state index in [1.807, 2.05) is 0 Å². The molecule has 0 bridgehead atoms. The number of carboxylic acid groups (broad SMARTS) is 2. The Kier molecular flexibility index (Phi) is 5.00. The molecule has 4 heteroatoms. The van der Waals surface area contributed by atoms with Crippen molar-refractivity contribution in [3.63, 3.8) is 0 Å². The fourth-order valence-electron chi connectivity index (χ4n) is 0.823. The molecule has 2 N–H and O–H groups in total. The maximum Gasteiger partial charge on any atom is 0.303 e. The molecule has 1 atom stereocenters. The molecular weight excluding hydrogens is 160 g/mol. The summed E-state index contributed by atoms with van der Waals surface area (Å²) in [5.41, 5.74) is 0.